The average Bonchev–Trinajstić information content (AvgIpc) is 2.69. The van der Waals surface area contributed by atoms with Crippen LogP contribution in [0.1, 0.15) is 42.5 Å². The maximum absolute atomic E-state index is 12.5. The zero-order chi connectivity index (χ0) is 18.5. The number of aliphatic hydroxyl groups is 1. The summed E-state index contributed by atoms with van der Waals surface area (Å²) in [7, 11) is 0. The second kappa shape index (κ2) is 8.67. The molecule has 0 bridgehead atoms. The highest BCUT2D eigenvalue weighted by Gasteiger charge is 2.28. The van der Waals surface area contributed by atoms with E-state index >= 15 is 0 Å². The molecule has 2 unspecified atom stereocenters. The number of hydrogen-bond donors (Lipinski definition) is 2. The molecule has 5 heteroatoms. The molecule has 1 saturated heterocycles. The maximum Gasteiger partial charge on any atom is 0.224 e. The van der Waals surface area contributed by atoms with Crippen LogP contribution in [0.15, 0.2) is 54.6 Å². The second-order valence-electron chi connectivity index (χ2n) is 6.94. The third kappa shape index (κ3) is 4.64. The summed E-state index contributed by atoms with van der Waals surface area (Å²) < 4.78 is 0. The fourth-order valence-corrected chi connectivity index (χ4v) is 3.66. The van der Waals surface area contributed by atoms with Crippen LogP contribution < -0.4 is 5.73 Å². The Hall–Kier alpha value is -1.88. The van der Waals surface area contributed by atoms with Crippen molar-refractivity contribution in [2.24, 2.45) is 11.7 Å². The van der Waals surface area contributed by atoms with Crippen molar-refractivity contribution in [1.82, 2.24) is 4.90 Å². The average molecular weight is 373 g/mol. The minimum absolute atomic E-state index is 0.0841. The predicted molar refractivity (Wildman–Crippen MR) is 104 cm³/mol. The van der Waals surface area contributed by atoms with Gasteiger partial charge >= 0.3 is 0 Å². The second-order valence-corrected chi connectivity index (χ2v) is 7.37. The van der Waals surface area contributed by atoms with Gasteiger partial charge < -0.3 is 15.7 Å². The van der Waals surface area contributed by atoms with Crippen molar-refractivity contribution in [3.8, 4) is 0 Å². The molecule has 2 atom stereocenters. The molecule has 2 aromatic carbocycles. The highest BCUT2D eigenvalue weighted by Crippen LogP contribution is 2.31. The van der Waals surface area contributed by atoms with Gasteiger partial charge in [-0.05, 0) is 42.0 Å². The fraction of sp³-hybridized carbons (Fsp3) is 0.381. The fourth-order valence-electron chi connectivity index (χ4n) is 3.53. The summed E-state index contributed by atoms with van der Waals surface area (Å²) in [6, 6.07) is 16.8. The molecular weight excluding hydrogens is 348 g/mol. The summed E-state index contributed by atoms with van der Waals surface area (Å²) in [5, 5.41) is 11.3. The number of hydrogen-bond acceptors (Lipinski definition) is 3. The van der Waals surface area contributed by atoms with Crippen molar-refractivity contribution in [2.75, 3.05) is 13.1 Å². The lowest BCUT2D eigenvalue weighted by Crippen LogP contribution is -2.40. The van der Waals surface area contributed by atoms with Gasteiger partial charge in [-0.25, -0.2) is 0 Å². The van der Waals surface area contributed by atoms with Crippen LogP contribution in [0.25, 0.3) is 0 Å². The Balaban J connectivity index is 1.51. The number of carbonyl (C=O) groups is 1. The van der Waals surface area contributed by atoms with Crippen molar-refractivity contribution in [1.29, 1.82) is 0 Å². The molecule has 1 fully saturated rings. The maximum atomic E-state index is 12.5. The Kier molecular flexibility index (Phi) is 6.30. The molecular formula is C21H25ClN2O2. The van der Waals surface area contributed by atoms with Gasteiger partial charge in [0.2, 0.25) is 5.91 Å². The molecule has 1 heterocycles. The van der Waals surface area contributed by atoms with Crippen molar-refractivity contribution in [3.05, 3.63) is 70.7 Å². The SMILES string of the molecule is NC(CC(=O)N1CCC(C(O)c2ccc(Cl)cc2)CC1)c1ccccc1. The van der Waals surface area contributed by atoms with Gasteiger partial charge in [0.1, 0.15) is 0 Å². The number of rotatable bonds is 5. The highest BCUT2D eigenvalue weighted by atomic mass is 35.5. The van der Waals surface area contributed by atoms with Crippen molar-refractivity contribution in [3.63, 3.8) is 0 Å². The zero-order valence-electron chi connectivity index (χ0n) is 14.7. The molecule has 1 aliphatic heterocycles. The van der Waals surface area contributed by atoms with Gasteiger partial charge in [0.25, 0.3) is 0 Å². The first-order valence-electron chi connectivity index (χ1n) is 9.06. The van der Waals surface area contributed by atoms with E-state index in [-0.39, 0.29) is 17.9 Å². The van der Waals surface area contributed by atoms with Crippen LogP contribution in [0.2, 0.25) is 5.02 Å². The van der Waals surface area contributed by atoms with Gasteiger partial charge in [-0.3, -0.25) is 4.79 Å². The van der Waals surface area contributed by atoms with Crippen LogP contribution in [0, 0.1) is 5.92 Å². The van der Waals surface area contributed by atoms with Crippen LogP contribution in [-0.4, -0.2) is 29.0 Å². The summed E-state index contributed by atoms with van der Waals surface area (Å²) in [5.41, 5.74) is 8.03. The Labute approximate surface area is 159 Å². The number of amides is 1. The van der Waals surface area contributed by atoms with Crippen LogP contribution in [-0.2, 0) is 4.79 Å². The molecule has 138 valence electrons. The lowest BCUT2D eigenvalue weighted by molar-refractivity contribution is -0.133. The molecule has 0 spiro atoms. The number of benzene rings is 2. The quantitative estimate of drug-likeness (QED) is 0.840. The van der Waals surface area contributed by atoms with E-state index in [0.717, 1.165) is 24.0 Å². The van der Waals surface area contributed by atoms with Gasteiger partial charge in [0.15, 0.2) is 0 Å². The first-order valence-corrected chi connectivity index (χ1v) is 9.44. The third-order valence-electron chi connectivity index (χ3n) is 5.17. The molecule has 2 aromatic rings. The van der Waals surface area contributed by atoms with E-state index in [1.807, 2.05) is 47.4 Å². The predicted octanol–water partition coefficient (Wildman–Crippen LogP) is 3.70. The van der Waals surface area contributed by atoms with Gasteiger partial charge in [0, 0.05) is 30.6 Å². The summed E-state index contributed by atoms with van der Waals surface area (Å²) >= 11 is 5.91. The lowest BCUT2D eigenvalue weighted by Gasteiger charge is -2.35. The molecule has 3 N–H and O–H groups in total. The van der Waals surface area contributed by atoms with Crippen LogP contribution >= 0.6 is 11.6 Å². The number of aliphatic hydroxyl groups excluding tert-OH is 1. The Morgan fingerprint density at radius 2 is 1.69 bits per heavy atom. The van der Waals surface area contributed by atoms with Crippen molar-refractivity contribution < 1.29 is 9.90 Å². The summed E-state index contributed by atoms with van der Waals surface area (Å²) in [4.78, 5) is 14.4. The standard InChI is InChI=1S/C21H25ClN2O2/c22-18-8-6-16(7-9-18)21(26)17-10-12-24(13-11-17)20(25)14-19(23)15-4-2-1-3-5-15/h1-9,17,19,21,26H,10-14,23H2. The molecule has 26 heavy (non-hydrogen) atoms. The first kappa shape index (κ1) is 18.9. The van der Waals surface area contributed by atoms with E-state index < -0.39 is 6.10 Å². The monoisotopic (exact) mass is 372 g/mol. The Morgan fingerprint density at radius 3 is 2.31 bits per heavy atom. The minimum Gasteiger partial charge on any atom is -0.388 e. The number of nitrogens with zero attached hydrogens (tertiary/aromatic N) is 1. The van der Waals surface area contributed by atoms with E-state index in [1.165, 1.54) is 0 Å². The van der Waals surface area contributed by atoms with Gasteiger partial charge in [-0.15, -0.1) is 0 Å². The van der Waals surface area contributed by atoms with Crippen LogP contribution in [0.5, 0.6) is 0 Å². The van der Waals surface area contributed by atoms with Gasteiger partial charge in [-0.2, -0.15) is 0 Å². The molecule has 1 aliphatic rings. The number of piperidine rings is 1. The van der Waals surface area contributed by atoms with Crippen LogP contribution in [0.3, 0.4) is 0 Å². The van der Waals surface area contributed by atoms with E-state index in [0.29, 0.717) is 24.5 Å². The number of likely N-dealkylation sites (tertiary alicyclic amines) is 1. The number of halogens is 1. The van der Waals surface area contributed by atoms with Gasteiger partial charge in [0.05, 0.1) is 6.10 Å². The van der Waals surface area contributed by atoms with E-state index in [9.17, 15) is 9.90 Å². The third-order valence-corrected chi connectivity index (χ3v) is 5.42. The summed E-state index contributed by atoms with van der Waals surface area (Å²) in [6.07, 6.45) is 1.37. The van der Waals surface area contributed by atoms with E-state index in [2.05, 4.69) is 0 Å². The highest BCUT2D eigenvalue weighted by molar-refractivity contribution is 6.30. The molecule has 4 nitrogen and oxygen atoms in total. The normalized spacial score (nSPS) is 17.7. The lowest BCUT2D eigenvalue weighted by atomic mass is 9.87. The smallest absolute Gasteiger partial charge is 0.224 e. The topological polar surface area (TPSA) is 66.6 Å². The molecule has 0 radical (unpaired) electrons. The molecule has 3 rings (SSSR count). The van der Waals surface area contributed by atoms with Crippen LogP contribution in [0.4, 0.5) is 0 Å². The van der Waals surface area contributed by atoms with E-state index in [4.69, 9.17) is 17.3 Å². The Bertz CT molecular complexity index is 713. The molecule has 0 aromatic heterocycles. The summed E-state index contributed by atoms with van der Waals surface area (Å²) in [5.74, 6) is 0.240. The van der Waals surface area contributed by atoms with Crippen molar-refractivity contribution >= 4 is 17.5 Å². The van der Waals surface area contributed by atoms with Gasteiger partial charge in [-0.1, -0.05) is 54.1 Å². The molecule has 0 aliphatic carbocycles. The molecule has 1 amide bonds. The summed E-state index contributed by atoms with van der Waals surface area (Å²) in [6.45, 7) is 1.32. The first-order chi connectivity index (χ1) is 12.5. The minimum atomic E-state index is -0.518. The number of carbonyl (C=O) groups excluding carboxylic acids is 1. The largest absolute Gasteiger partial charge is 0.388 e. The van der Waals surface area contributed by atoms with Crippen molar-refractivity contribution in [2.45, 2.75) is 31.4 Å². The van der Waals surface area contributed by atoms with E-state index in [1.54, 1.807) is 12.1 Å². The Morgan fingerprint density at radius 1 is 1.08 bits per heavy atom. The number of nitrogens with two attached hydrogens (primary N) is 1. The molecule has 0 saturated carbocycles. The zero-order valence-corrected chi connectivity index (χ0v) is 15.5.